The summed E-state index contributed by atoms with van der Waals surface area (Å²) in [5.41, 5.74) is 2.42. The fraction of sp³-hybridized carbons (Fsp3) is 0.357. The molecule has 0 amide bonds. The average molecular weight is 343 g/mol. The molecule has 3 rings (SSSR count). The van der Waals surface area contributed by atoms with Gasteiger partial charge < -0.3 is 4.74 Å². The summed E-state index contributed by atoms with van der Waals surface area (Å²) in [6.45, 7) is 4.00. The lowest BCUT2D eigenvalue weighted by Crippen LogP contribution is -2.46. The molecule has 3 heterocycles. The molecule has 0 saturated carbocycles. The van der Waals surface area contributed by atoms with E-state index in [9.17, 15) is 18.0 Å². The van der Waals surface area contributed by atoms with Crippen LogP contribution in [0.4, 0.5) is 13.2 Å². The number of allylic oxidation sites excluding steroid dienone is 2. The topological polar surface area (TPSA) is 82.6 Å². The van der Waals surface area contributed by atoms with Crippen LogP contribution in [-0.4, -0.2) is 40.5 Å². The second-order valence-electron chi connectivity index (χ2n) is 4.46. The number of hydrogen-bond donors (Lipinski definition) is 2. The van der Waals surface area contributed by atoms with Crippen molar-refractivity contribution >= 4 is 11.4 Å². The number of aromatic amines is 1. The monoisotopic (exact) mass is 343 g/mol. The van der Waals surface area contributed by atoms with E-state index in [2.05, 4.69) is 20.6 Å². The Labute approximate surface area is 135 Å². The number of H-pyrrole nitrogens is 1. The molecule has 0 fully saturated rings. The van der Waals surface area contributed by atoms with Gasteiger partial charge in [0.25, 0.3) is 5.56 Å². The molecule has 10 heteroatoms. The first kappa shape index (κ1) is 17.7. The van der Waals surface area contributed by atoms with Crippen molar-refractivity contribution in [3.63, 3.8) is 0 Å². The summed E-state index contributed by atoms with van der Waals surface area (Å²) in [7, 11) is 1.34. The Balaban J connectivity index is 0.00000100. The Bertz CT molecular complexity index is 731. The Morgan fingerprint density at radius 2 is 1.96 bits per heavy atom. The second-order valence-corrected chi connectivity index (χ2v) is 4.46. The highest BCUT2D eigenvalue weighted by Crippen LogP contribution is 2.31. The number of ether oxygens (including phenoxy) is 1. The minimum absolute atomic E-state index is 0.0150. The van der Waals surface area contributed by atoms with E-state index in [1.165, 1.54) is 31.4 Å². The number of fused-ring (bicyclic) bond motifs is 1. The highest BCUT2D eigenvalue weighted by molar-refractivity contribution is 6.24. The normalized spacial score (nSPS) is 19.5. The summed E-state index contributed by atoms with van der Waals surface area (Å²) >= 11 is 0. The number of hydrogen-bond acceptors (Lipinski definition) is 6. The summed E-state index contributed by atoms with van der Waals surface area (Å²) in [4.78, 5) is 14.7. The molecule has 2 aliphatic rings. The highest BCUT2D eigenvalue weighted by Gasteiger charge is 2.47. The van der Waals surface area contributed by atoms with E-state index in [0.29, 0.717) is 11.3 Å². The van der Waals surface area contributed by atoms with Crippen LogP contribution in [0, 0.1) is 0 Å². The second kappa shape index (κ2) is 6.87. The Kier molecular flexibility index (Phi) is 5.07. The van der Waals surface area contributed by atoms with Gasteiger partial charge in [0.15, 0.2) is 5.84 Å². The molecule has 1 atom stereocenters. The molecule has 1 unspecified atom stereocenters. The minimum atomic E-state index is -4.55. The Morgan fingerprint density at radius 3 is 2.50 bits per heavy atom. The Hall–Kier alpha value is -2.62. The predicted molar refractivity (Wildman–Crippen MR) is 81.5 cm³/mol. The number of nitrogens with one attached hydrogen (secondary N) is 2. The Morgan fingerprint density at radius 1 is 1.25 bits per heavy atom. The number of aromatic nitrogens is 2. The molecular weight excluding hydrogens is 327 g/mol. The number of amidine groups is 1. The maximum absolute atomic E-state index is 12.9. The quantitative estimate of drug-likeness (QED) is 0.855. The van der Waals surface area contributed by atoms with Crippen LogP contribution in [0.15, 0.2) is 40.0 Å². The van der Waals surface area contributed by atoms with E-state index in [0.717, 1.165) is 5.01 Å². The lowest BCUT2D eigenvalue weighted by atomic mass is 10.1. The number of rotatable bonds is 2. The largest absolute Gasteiger partial charge is 0.481 e. The molecular formula is C14H16F3N5O2. The van der Waals surface area contributed by atoms with Crippen molar-refractivity contribution in [2.24, 2.45) is 4.99 Å². The van der Waals surface area contributed by atoms with Gasteiger partial charge in [0, 0.05) is 17.7 Å². The first-order valence-corrected chi connectivity index (χ1v) is 7.13. The van der Waals surface area contributed by atoms with Crippen LogP contribution in [0.25, 0.3) is 5.57 Å². The van der Waals surface area contributed by atoms with Gasteiger partial charge in [0.05, 0.1) is 12.8 Å². The fourth-order valence-electron chi connectivity index (χ4n) is 2.05. The van der Waals surface area contributed by atoms with Crippen molar-refractivity contribution in [3.8, 4) is 0 Å². The van der Waals surface area contributed by atoms with Crippen molar-refractivity contribution in [3.05, 3.63) is 46.2 Å². The van der Waals surface area contributed by atoms with Crippen molar-refractivity contribution in [1.29, 1.82) is 0 Å². The standard InChI is InChI=1S/C12H10F3N5O2.C2H6/c1-22-9-5-2-6(7-3-4-8(21)18-17-7)10-16-11(12(13,14)15)19-20(9)10;1-2/h2-5,11,19H,1H3,(H,18,21);1-2H3. The van der Waals surface area contributed by atoms with Gasteiger partial charge in [0.2, 0.25) is 12.0 Å². The van der Waals surface area contributed by atoms with Crippen molar-refractivity contribution in [1.82, 2.24) is 20.6 Å². The molecule has 0 spiro atoms. The van der Waals surface area contributed by atoms with E-state index in [4.69, 9.17) is 4.74 Å². The zero-order valence-electron chi connectivity index (χ0n) is 13.2. The van der Waals surface area contributed by atoms with Gasteiger partial charge >= 0.3 is 6.18 Å². The molecule has 0 radical (unpaired) electrons. The molecule has 0 aliphatic carbocycles. The maximum Gasteiger partial charge on any atom is 0.425 e. The summed E-state index contributed by atoms with van der Waals surface area (Å²) in [6, 6.07) is 2.63. The first-order chi connectivity index (χ1) is 11.4. The molecule has 24 heavy (non-hydrogen) atoms. The van der Waals surface area contributed by atoms with Crippen LogP contribution in [0.2, 0.25) is 0 Å². The van der Waals surface area contributed by atoms with Gasteiger partial charge in [-0.15, -0.1) is 0 Å². The van der Waals surface area contributed by atoms with Gasteiger partial charge in [0.1, 0.15) is 0 Å². The van der Waals surface area contributed by atoms with E-state index in [1.54, 1.807) is 0 Å². The van der Waals surface area contributed by atoms with Gasteiger partial charge in [-0.25, -0.2) is 15.1 Å². The van der Waals surface area contributed by atoms with E-state index < -0.39 is 17.9 Å². The van der Waals surface area contributed by atoms with Crippen LogP contribution in [0.5, 0.6) is 0 Å². The number of aliphatic imine (C=N–C) groups is 1. The zero-order valence-corrected chi connectivity index (χ0v) is 13.2. The average Bonchev–Trinajstić information content (AvgIpc) is 3.02. The van der Waals surface area contributed by atoms with E-state index in [-0.39, 0.29) is 11.7 Å². The van der Waals surface area contributed by atoms with Crippen molar-refractivity contribution < 1.29 is 17.9 Å². The van der Waals surface area contributed by atoms with E-state index in [1.807, 2.05) is 13.8 Å². The SMILES string of the molecule is CC.COC1=CC=C(c2ccc(=O)[nH]n2)C2=NC(C(F)(F)F)NN12. The lowest BCUT2D eigenvalue weighted by Gasteiger charge is -2.26. The van der Waals surface area contributed by atoms with Crippen LogP contribution in [0.3, 0.4) is 0 Å². The number of methoxy groups -OCH3 is 1. The van der Waals surface area contributed by atoms with Gasteiger partial charge in [-0.05, 0) is 12.1 Å². The summed E-state index contributed by atoms with van der Waals surface area (Å²) in [6.07, 6.45) is -3.63. The number of halogens is 3. The molecule has 130 valence electrons. The maximum atomic E-state index is 12.9. The van der Waals surface area contributed by atoms with Crippen LogP contribution < -0.4 is 11.0 Å². The predicted octanol–water partition coefficient (Wildman–Crippen LogP) is 1.79. The van der Waals surface area contributed by atoms with E-state index >= 15 is 0 Å². The molecule has 1 aromatic heterocycles. The third kappa shape index (κ3) is 3.32. The summed E-state index contributed by atoms with van der Waals surface area (Å²) < 4.78 is 43.6. The molecule has 1 aromatic rings. The smallest absolute Gasteiger partial charge is 0.425 e. The molecule has 0 saturated heterocycles. The molecule has 0 aromatic carbocycles. The molecule has 2 aliphatic heterocycles. The fourth-order valence-corrected chi connectivity index (χ4v) is 2.05. The highest BCUT2D eigenvalue weighted by atomic mass is 19.4. The van der Waals surface area contributed by atoms with Crippen LogP contribution >= 0.6 is 0 Å². The third-order valence-electron chi connectivity index (χ3n) is 3.04. The van der Waals surface area contributed by atoms with Gasteiger partial charge in [-0.1, -0.05) is 13.8 Å². The third-order valence-corrected chi connectivity index (χ3v) is 3.04. The lowest BCUT2D eigenvalue weighted by molar-refractivity contribution is -0.157. The van der Waals surface area contributed by atoms with Gasteiger partial charge in [-0.3, -0.25) is 4.79 Å². The molecule has 7 nitrogen and oxygen atoms in total. The van der Waals surface area contributed by atoms with Crippen molar-refractivity contribution in [2.45, 2.75) is 26.2 Å². The number of nitrogens with zero attached hydrogens (tertiary/aromatic N) is 3. The first-order valence-electron chi connectivity index (χ1n) is 7.13. The molecule has 0 bridgehead atoms. The van der Waals surface area contributed by atoms with Crippen LogP contribution in [-0.2, 0) is 4.74 Å². The zero-order chi connectivity index (χ0) is 17.9. The molecule has 2 N–H and O–H groups in total. The van der Waals surface area contributed by atoms with Gasteiger partial charge in [-0.2, -0.15) is 23.7 Å². The van der Waals surface area contributed by atoms with Crippen molar-refractivity contribution in [2.75, 3.05) is 7.11 Å². The minimum Gasteiger partial charge on any atom is -0.481 e. The number of hydrazine groups is 1. The summed E-state index contributed by atoms with van der Waals surface area (Å²) in [5.74, 6) is 0.180. The summed E-state index contributed by atoms with van der Waals surface area (Å²) in [5, 5.41) is 7.13. The number of alkyl halides is 3. The van der Waals surface area contributed by atoms with Crippen LogP contribution in [0.1, 0.15) is 19.5 Å².